The van der Waals surface area contributed by atoms with E-state index in [1.54, 1.807) is 10.6 Å². The molecular weight excluding hydrogens is 342 g/mol. The van der Waals surface area contributed by atoms with Crippen molar-refractivity contribution in [3.05, 3.63) is 53.9 Å². The first-order valence-corrected chi connectivity index (χ1v) is 9.21. The Morgan fingerprint density at radius 2 is 1.89 bits per heavy atom. The third kappa shape index (κ3) is 3.56. The topological polar surface area (TPSA) is 96.8 Å². The van der Waals surface area contributed by atoms with Crippen molar-refractivity contribution in [2.45, 2.75) is 19.4 Å². The fourth-order valence-corrected chi connectivity index (χ4v) is 3.69. The van der Waals surface area contributed by atoms with E-state index in [1.165, 1.54) is 11.9 Å². The number of hydrogen-bond acceptors (Lipinski definition) is 5. The Morgan fingerprint density at radius 3 is 2.56 bits per heavy atom. The molecule has 3 aromatic rings. The van der Waals surface area contributed by atoms with Gasteiger partial charge in [-0.3, -0.25) is 9.69 Å². The van der Waals surface area contributed by atoms with Crippen molar-refractivity contribution in [2.24, 2.45) is 11.7 Å². The van der Waals surface area contributed by atoms with E-state index in [2.05, 4.69) is 39.2 Å². The summed E-state index contributed by atoms with van der Waals surface area (Å²) in [7, 11) is 0. The quantitative estimate of drug-likeness (QED) is 0.717. The number of aliphatic hydroxyl groups is 1. The number of carbonyl (C=O) groups is 1. The van der Waals surface area contributed by atoms with Crippen LogP contribution in [0.2, 0.25) is 0 Å². The number of carbonyl (C=O) groups excluding carboxylic acids is 1. The molecule has 3 heterocycles. The second-order valence-electron chi connectivity index (χ2n) is 7.09. The maximum Gasteiger partial charge on any atom is 0.252 e. The number of likely N-dealkylation sites (tertiary alicyclic amines) is 1. The number of nitrogens with two attached hydrogens (primary N) is 1. The normalized spacial score (nSPS) is 16.0. The van der Waals surface area contributed by atoms with E-state index in [0.717, 1.165) is 43.7 Å². The first kappa shape index (κ1) is 17.6. The van der Waals surface area contributed by atoms with Crippen LogP contribution in [-0.2, 0) is 6.54 Å². The monoisotopic (exact) mass is 365 g/mol. The summed E-state index contributed by atoms with van der Waals surface area (Å²) in [5, 5.41) is 13.5. The molecule has 0 spiro atoms. The van der Waals surface area contributed by atoms with Crippen molar-refractivity contribution >= 4 is 11.6 Å². The molecule has 1 aromatic carbocycles. The number of aromatic nitrogens is 3. The lowest BCUT2D eigenvalue weighted by Crippen LogP contribution is -2.34. The molecule has 1 fully saturated rings. The van der Waals surface area contributed by atoms with Gasteiger partial charge in [0.05, 0.1) is 11.3 Å². The summed E-state index contributed by atoms with van der Waals surface area (Å²) in [5.74, 6) is -0.0584. The SMILES string of the molecule is NC(=O)c1ccc(-c2ccc(CN3CCC(CO)CC3)cc2)n2ncnc12. The van der Waals surface area contributed by atoms with Crippen LogP contribution in [0.15, 0.2) is 42.7 Å². The third-order valence-corrected chi connectivity index (χ3v) is 5.31. The van der Waals surface area contributed by atoms with Crippen LogP contribution >= 0.6 is 0 Å². The molecule has 7 nitrogen and oxygen atoms in total. The minimum atomic E-state index is -0.514. The minimum absolute atomic E-state index is 0.299. The molecule has 7 heteroatoms. The summed E-state index contributed by atoms with van der Waals surface area (Å²) >= 11 is 0. The number of piperidine rings is 1. The average Bonchev–Trinajstić information content (AvgIpc) is 3.18. The highest BCUT2D eigenvalue weighted by molar-refractivity contribution is 5.99. The van der Waals surface area contributed by atoms with Gasteiger partial charge in [-0.2, -0.15) is 5.10 Å². The van der Waals surface area contributed by atoms with Gasteiger partial charge in [0, 0.05) is 18.7 Å². The molecule has 1 saturated heterocycles. The number of nitrogens with zero attached hydrogens (tertiary/aromatic N) is 4. The van der Waals surface area contributed by atoms with Gasteiger partial charge in [0.15, 0.2) is 5.65 Å². The van der Waals surface area contributed by atoms with Gasteiger partial charge in [-0.25, -0.2) is 9.50 Å². The Hall–Kier alpha value is -2.77. The summed E-state index contributed by atoms with van der Waals surface area (Å²) in [6.45, 7) is 3.27. The van der Waals surface area contributed by atoms with Gasteiger partial charge in [0.2, 0.25) is 0 Å². The molecule has 0 unspecified atom stereocenters. The summed E-state index contributed by atoms with van der Waals surface area (Å²) in [4.78, 5) is 18.1. The molecule has 1 aliphatic rings. The zero-order valence-electron chi connectivity index (χ0n) is 15.1. The van der Waals surface area contributed by atoms with E-state index >= 15 is 0 Å². The van der Waals surface area contributed by atoms with Crippen molar-refractivity contribution in [3.63, 3.8) is 0 Å². The van der Waals surface area contributed by atoms with E-state index in [9.17, 15) is 9.90 Å². The van der Waals surface area contributed by atoms with E-state index < -0.39 is 5.91 Å². The van der Waals surface area contributed by atoms with Gasteiger partial charge in [0.1, 0.15) is 6.33 Å². The highest BCUT2D eigenvalue weighted by atomic mass is 16.3. The smallest absolute Gasteiger partial charge is 0.252 e. The first-order valence-electron chi connectivity index (χ1n) is 9.21. The second kappa shape index (κ2) is 7.46. The van der Waals surface area contributed by atoms with Crippen molar-refractivity contribution in [3.8, 4) is 11.3 Å². The lowest BCUT2D eigenvalue weighted by molar-refractivity contribution is 0.100. The van der Waals surface area contributed by atoms with Crippen molar-refractivity contribution in [2.75, 3.05) is 19.7 Å². The number of rotatable bonds is 5. The maximum atomic E-state index is 11.6. The third-order valence-electron chi connectivity index (χ3n) is 5.31. The first-order chi connectivity index (χ1) is 13.2. The Morgan fingerprint density at radius 1 is 1.15 bits per heavy atom. The van der Waals surface area contributed by atoms with Crippen LogP contribution in [0.3, 0.4) is 0 Å². The molecule has 0 saturated carbocycles. The molecule has 2 aromatic heterocycles. The van der Waals surface area contributed by atoms with Gasteiger partial charge in [-0.15, -0.1) is 0 Å². The number of aliphatic hydroxyl groups excluding tert-OH is 1. The van der Waals surface area contributed by atoms with E-state index in [4.69, 9.17) is 5.73 Å². The van der Waals surface area contributed by atoms with E-state index in [-0.39, 0.29) is 0 Å². The summed E-state index contributed by atoms with van der Waals surface area (Å²) in [6.07, 6.45) is 3.55. The van der Waals surface area contributed by atoms with Gasteiger partial charge in [-0.1, -0.05) is 24.3 Å². The van der Waals surface area contributed by atoms with Gasteiger partial charge < -0.3 is 10.8 Å². The van der Waals surface area contributed by atoms with Crippen LogP contribution in [-0.4, -0.2) is 50.2 Å². The van der Waals surface area contributed by atoms with Crippen molar-refractivity contribution in [1.29, 1.82) is 0 Å². The average molecular weight is 365 g/mol. The number of hydrogen-bond donors (Lipinski definition) is 2. The highest BCUT2D eigenvalue weighted by Crippen LogP contribution is 2.23. The zero-order chi connectivity index (χ0) is 18.8. The van der Waals surface area contributed by atoms with E-state index in [1.807, 2.05) is 6.07 Å². The van der Waals surface area contributed by atoms with Crippen LogP contribution in [0, 0.1) is 5.92 Å². The summed E-state index contributed by atoms with van der Waals surface area (Å²) in [5.41, 5.74) is 9.37. The molecule has 1 aliphatic heterocycles. The molecule has 0 atom stereocenters. The largest absolute Gasteiger partial charge is 0.396 e. The molecule has 140 valence electrons. The Labute approximate surface area is 157 Å². The zero-order valence-corrected chi connectivity index (χ0v) is 15.1. The fourth-order valence-electron chi connectivity index (χ4n) is 3.69. The number of benzene rings is 1. The lowest BCUT2D eigenvalue weighted by atomic mass is 9.97. The van der Waals surface area contributed by atoms with Gasteiger partial charge in [-0.05, 0) is 49.5 Å². The Balaban J connectivity index is 1.53. The molecule has 0 aliphatic carbocycles. The number of fused-ring (bicyclic) bond motifs is 1. The van der Waals surface area contributed by atoms with E-state index in [0.29, 0.717) is 23.7 Å². The van der Waals surface area contributed by atoms with Gasteiger partial charge >= 0.3 is 0 Å². The van der Waals surface area contributed by atoms with Crippen LogP contribution in [0.5, 0.6) is 0 Å². The number of primary amides is 1. The molecule has 3 N–H and O–H groups in total. The number of amides is 1. The molecule has 4 rings (SSSR count). The van der Waals surface area contributed by atoms with Crippen LogP contribution < -0.4 is 5.73 Å². The Bertz CT molecular complexity index is 943. The standard InChI is InChI=1S/C20H23N5O2/c21-19(27)17-5-6-18(25-20(17)22-13-23-25)16-3-1-14(2-4-16)11-24-9-7-15(12-26)8-10-24/h1-6,13,15,26H,7-12H2,(H2,21,27). The summed E-state index contributed by atoms with van der Waals surface area (Å²) in [6, 6.07) is 11.9. The van der Waals surface area contributed by atoms with Crippen LogP contribution in [0.25, 0.3) is 16.9 Å². The fraction of sp³-hybridized carbons (Fsp3) is 0.350. The second-order valence-corrected chi connectivity index (χ2v) is 7.09. The predicted octanol–water partition coefficient (Wildman–Crippen LogP) is 1.70. The lowest BCUT2D eigenvalue weighted by Gasteiger charge is -2.31. The maximum absolute atomic E-state index is 11.6. The molecule has 0 radical (unpaired) electrons. The minimum Gasteiger partial charge on any atom is -0.396 e. The molecule has 27 heavy (non-hydrogen) atoms. The molecule has 0 bridgehead atoms. The molecular formula is C20H23N5O2. The van der Waals surface area contributed by atoms with Crippen LogP contribution in [0.1, 0.15) is 28.8 Å². The summed E-state index contributed by atoms with van der Waals surface area (Å²) < 4.78 is 1.65. The number of pyridine rings is 1. The van der Waals surface area contributed by atoms with Gasteiger partial charge in [0.25, 0.3) is 5.91 Å². The molecule has 1 amide bonds. The van der Waals surface area contributed by atoms with Crippen molar-refractivity contribution < 1.29 is 9.90 Å². The highest BCUT2D eigenvalue weighted by Gasteiger charge is 2.18. The van der Waals surface area contributed by atoms with Crippen LogP contribution in [0.4, 0.5) is 0 Å². The van der Waals surface area contributed by atoms with Crippen molar-refractivity contribution in [1.82, 2.24) is 19.5 Å². The Kier molecular flexibility index (Phi) is 4.87. The predicted molar refractivity (Wildman–Crippen MR) is 102 cm³/mol.